The predicted octanol–water partition coefficient (Wildman–Crippen LogP) is 5.47. The molecule has 1 heterocycles. The van der Waals surface area contributed by atoms with E-state index in [1.165, 1.54) is 12.5 Å². The van der Waals surface area contributed by atoms with Crippen molar-refractivity contribution in [2.24, 2.45) is 5.92 Å². The van der Waals surface area contributed by atoms with Gasteiger partial charge < -0.3 is 10.2 Å². The van der Waals surface area contributed by atoms with Gasteiger partial charge in [0, 0.05) is 61.6 Å². The predicted molar refractivity (Wildman–Crippen MR) is 148 cm³/mol. The molecule has 3 amide bonds. The molecule has 216 valence electrons. The van der Waals surface area contributed by atoms with Gasteiger partial charge in [0.25, 0.3) is 5.91 Å². The van der Waals surface area contributed by atoms with E-state index in [4.69, 9.17) is 0 Å². The van der Waals surface area contributed by atoms with Gasteiger partial charge in [-0.25, -0.2) is 0 Å². The molecule has 2 aliphatic rings. The quantitative estimate of drug-likeness (QED) is 0.490. The maximum Gasteiger partial charge on any atom is 0.471 e. The second-order valence-electron chi connectivity index (χ2n) is 11.7. The van der Waals surface area contributed by atoms with Crippen molar-refractivity contribution in [3.05, 3.63) is 59.7 Å². The lowest BCUT2D eigenvalue weighted by molar-refractivity contribution is -0.171. The highest BCUT2D eigenvalue weighted by Gasteiger charge is 2.46. The molecular weight excluding hydrogens is 521 g/mol. The van der Waals surface area contributed by atoms with Crippen molar-refractivity contribution in [3.63, 3.8) is 0 Å². The third kappa shape index (κ3) is 7.41. The molecule has 0 unspecified atom stereocenters. The van der Waals surface area contributed by atoms with Crippen molar-refractivity contribution in [1.29, 1.82) is 0 Å². The van der Waals surface area contributed by atoms with Gasteiger partial charge in [-0.2, -0.15) is 13.2 Å². The van der Waals surface area contributed by atoms with E-state index in [9.17, 15) is 27.6 Å². The first kappa shape index (κ1) is 29.6. The van der Waals surface area contributed by atoms with Gasteiger partial charge in [0.2, 0.25) is 5.91 Å². The first-order valence-corrected chi connectivity index (χ1v) is 13.7. The Bertz CT molecular complexity index is 1210. The number of piperazine rings is 1. The Labute approximate surface area is 233 Å². The summed E-state index contributed by atoms with van der Waals surface area (Å²) in [6.07, 6.45) is -1.02. The SMILES string of the molecule is CC(C)(C)N(C(=O)C(F)(F)F)c1cccc(CN2CCN(C(=O)c3ccc(NC(=O)CC4CCC4)cc3)CC2)c1. The van der Waals surface area contributed by atoms with Crippen LogP contribution in [0, 0.1) is 5.92 Å². The number of nitrogens with zero attached hydrogens (tertiary/aromatic N) is 3. The second kappa shape index (κ2) is 12.0. The molecule has 0 atom stereocenters. The smallest absolute Gasteiger partial charge is 0.336 e. The Hall–Kier alpha value is -3.40. The molecule has 40 heavy (non-hydrogen) atoms. The van der Waals surface area contributed by atoms with Crippen LogP contribution in [0.5, 0.6) is 0 Å². The van der Waals surface area contributed by atoms with Crippen LogP contribution in [-0.4, -0.2) is 65.4 Å². The molecule has 0 spiro atoms. The molecular formula is C30H37F3N4O3. The fourth-order valence-corrected chi connectivity index (χ4v) is 5.15. The van der Waals surface area contributed by atoms with Crippen molar-refractivity contribution in [1.82, 2.24) is 9.80 Å². The third-order valence-corrected chi connectivity index (χ3v) is 7.47. The number of benzene rings is 2. The fraction of sp³-hybridized carbons (Fsp3) is 0.500. The Kier molecular flexibility index (Phi) is 8.87. The Balaban J connectivity index is 1.31. The minimum atomic E-state index is -4.98. The van der Waals surface area contributed by atoms with Gasteiger partial charge in [-0.1, -0.05) is 18.6 Å². The van der Waals surface area contributed by atoms with Crippen molar-refractivity contribution >= 4 is 29.1 Å². The van der Waals surface area contributed by atoms with Crippen molar-refractivity contribution in [3.8, 4) is 0 Å². The van der Waals surface area contributed by atoms with Crippen LogP contribution >= 0.6 is 0 Å². The fourth-order valence-electron chi connectivity index (χ4n) is 5.15. The topological polar surface area (TPSA) is 73.0 Å². The van der Waals surface area contributed by atoms with Crippen LogP contribution in [0.2, 0.25) is 0 Å². The largest absolute Gasteiger partial charge is 0.471 e. The van der Waals surface area contributed by atoms with Gasteiger partial charge >= 0.3 is 12.1 Å². The van der Waals surface area contributed by atoms with Gasteiger partial charge in [0.05, 0.1) is 0 Å². The molecule has 0 radical (unpaired) electrons. The van der Waals surface area contributed by atoms with E-state index in [1.54, 1.807) is 62.1 Å². The van der Waals surface area contributed by atoms with Crippen LogP contribution in [0.3, 0.4) is 0 Å². The van der Waals surface area contributed by atoms with Gasteiger partial charge in [0.1, 0.15) is 0 Å². The average Bonchev–Trinajstić information content (AvgIpc) is 2.86. The minimum Gasteiger partial charge on any atom is -0.336 e. The van der Waals surface area contributed by atoms with Crippen molar-refractivity contribution in [2.75, 3.05) is 36.4 Å². The highest BCUT2D eigenvalue weighted by molar-refractivity contribution is 5.98. The number of rotatable bonds is 7. The number of anilines is 2. The van der Waals surface area contributed by atoms with E-state index in [2.05, 4.69) is 10.2 Å². The normalized spacial score (nSPS) is 16.8. The van der Waals surface area contributed by atoms with Crippen LogP contribution in [0.4, 0.5) is 24.5 Å². The molecule has 1 saturated heterocycles. The molecule has 2 aromatic rings. The molecule has 0 bridgehead atoms. The zero-order valence-corrected chi connectivity index (χ0v) is 23.3. The van der Waals surface area contributed by atoms with Crippen molar-refractivity contribution in [2.45, 2.75) is 64.7 Å². The summed E-state index contributed by atoms with van der Waals surface area (Å²) < 4.78 is 39.9. The number of hydrogen-bond donors (Lipinski definition) is 1. The summed E-state index contributed by atoms with van der Waals surface area (Å²) in [5.41, 5.74) is 1.15. The van der Waals surface area contributed by atoms with E-state index in [0.717, 1.165) is 23.3 Å². The monoisotopic (exact) mass is 558 g/mol. The summed E-state index contributed by atoms with van der Waals surface area (Å²) in [5, 5.41) is 2.90. The van der Waals surface area contributed by atoms with Crippen LogP contribution in [0.15, 0.2) is 48.5 Å². The Morgan fingerprint density at radius 2 is 1.60 bits per heavy atom. The number of nitrogens with one attached hydrogen (secondary N) is 1. The number of carbonyl (C=O) groups is 3. The summed E-state index contributed by atoms with van der Waals surface area (Å²) >= 11 is 0. The lowest BCUT2D eigenvalue weighted by atomic mass is 9.83. The molecule has 4 rings (SSSR count). The molecule has 2 fully saturated rings. The van der Waals surface area contributed by atoms with E-state index >= 15 is 0 Å². The third-order valence-electron chi connectivity index (χ3n) is 7.47. The Morgan fingerprint density at radius 1 is 0.950 bits per heavy atom. The molecule has 7 nitrogen and oxygen atoms in total. The average molecular weight is 559 g/mol. The van der Waals surface area contributed by atoms with E-state index < -0.39 is 17.6 Å². The molecule has 1 aliphatic carbocycles. The maximum atomic E-state index is 13.3. The second-order valence-corrected chi connectivity index (χ2v) is 11.7. The van der Waals surface area contributed by atoms with Gasteiger partial charge in [0.15, 0.2) is 0 Å². The zero-order valence-electron chi connectivity index (χ0n) is 23.3. The maximum absolute atomic E-state index is 13.3. The summed E-state index contributed by atoms with van der Waals surface area (Å²) in [5.74, 6) is -1.49. The molecule has 1 N–H and O–H groups in total. The molecule has 1 saturated carbocycles. The summed E-state index contributed by atoms with van der Waals surface area (Å²) in [6.45, 7) is 7.44. The lowest BCUT2D eigenvalue weighted by Gasteiger charge is -2.37. The standard InChI is InChI=1S/C30H37F3N4O3/c1-29(2,3)37(28(40)30(31,32)33)25-9-5-8-22(18-25)20-35-14-16-36(17-15-35)27(39)23-10-12-24(13-11-23)34-26(38)19-21-6-4-7-21/h5,8-13,18,21H,4,6-7,14-17,19-20H2,1-3H3,(H,34,38). The van der Waals surface area contributed by atoms with Crippen molar-refractivity contribution < 1.29 is 27.6 Å². The number of hydrogen-bond acceptors (Lipinski definition) is 4. The lowest BCUT2D eigenvalue weighted by Crippen LogP contribution is -2.51. The summed E-state index contributed by atoms with van der Waals surface area (Å²) in [7, 11) is 0. The number of halogens is 3. The molecule has 1 aliphatic heterocycles. The highest BCUT2D eigenvalue weighted by atomic mass is 19.4. The van der Waals surface area contributed by atoms with Crippen LogP contribution in [0.25, 0.3) is 0 Å². The van der Waals surface area contributed by atoms with Gasteiger partial charge in [-0.05, 0) is 81.5 Å². The van der Waals surface area contributed by atoms with Crippen LogP contribution in [0.1, 0.15) is 62.4 Å². The molecule has 0 aromatic heterocycles. The number of alkyl halides is 3. The van der Waals surface area contributed by atoms with Crippen LogP contribution in [-0.2, 0) is 16.1 Å². The summed E-state index contributed by atoms with van der Waals surface area (Å²) in [4.78, 5) is 42.1. The van der Waals surface area contributed by atoms with Gasteiger partial charge in [-0.3, -0.25) is 24.2 Å². The number of carbonyl (C=O) groups excluding carboxylic acids is 3. The first-order chi connectivity index (χ1) is 18.8. The minimum absolute atomic E-state index is 0.00324. The first-order valence-electron chi connectivity index (χ1n) is 13.7. The van der Waals surface area contributed by atoms with Crippen LogP contribution < -0.4 is 10.2 Å². The van der Waals surface area contributed by atoms with E-state index in [1.807, 2.05) is 6.07 Å². The highest BCUT2D eigenvalue weighted by Crippen LogP contribution is 2.31. The number of amides is 3. The molecule has 10 heteroatoms. The van der Waals surface area contributed by atoms with E-state index in [-0.39, 0.29) is 17.5 Å². The Morgan fingerprint density at radius 3 is 2.15 bits per heavy atom. The summed E-state index contributed by atoms with van der Waals surface area (Å²) in [6, 6.07) is 13.6. The van der Waals surface area contributed by atoms with E-state index in [0.29, 0.717) is 56.3 Å². The molecule has 2 aromatic carbocycles. The van der Waals surface area contributed by atoms with Gasteiger partial charge in [-0.15, -0.1) is 0 Å². The zero-order chi connectivity index (χ0) is 29.1.